The van der Waals surface area contributed by atoms with Crippen LogP contribution in [0.3, 0.4) is 0 Å². The van der Waals surface area contributed by atoms with E-state index in [0.717, 1.165) is 28.9 Å². The van der Waals surface area contributed by atoms with Crippen LogP contribution in [0.1, 0.15) is 30.0 Å². The largest absolute Gasteiger partial charge is 0.459 e. The first kappa shape index (κ1) is 20.8. The molecule has 1 fully saturated rings. The molecule has 0 radical (unpaired) electrons. The number of ether oxygens (including phenoxy) is 1. The minimum Gasteiger partial charge on any atom is -0.459 e. The Balaban J connectivity index is 1.51. The Kier molecular flexibility index (Phi) is 5.89. The Labute approximate surface area is 182 Å². The third-order valence-corrected chi connectivity index (χ3v) is 5.83. The molecule has 0 bridgehead atoms. The van der Waals surface area contributed by atoms with E-state index in [9.17, 15) is 9.59 Å². The molecule has 1 aliphatic carbocycles. The molecule has 4 rings (SSSR count). The van der Waals surface area contributed by atoms with Crippen molar-refractivity contribution >= 4 is 11.9 Å². The molecule has 31 heavy (non-hydrogen) atoms. The van der Waals surface area contributed by atoms with E-state index >= 15 is 0 Å². The van der Waals surface area contributed by atoms with Crippen molar-refractivity contribution in [1.82, 2.24) is 15.1 Å². The third-order valence-electron chi connectivity index (χ3n) is 5.83. The number of nitrogens with one attached hydrogen (secondary N) is 1. The van der Waals surface area contributed by atoms with Crippen molar-refractivity contribution in [3.63, 3.8) is 0 Å². The van der Waals surface area contributed by atoms with Crippen molar-refractivity contribution in [2.24, 2.45) is 11.8 Å². The van der Waals surface area contributed by atoms with E-state index in [4.69, 9.17) is 9.84 Å². The molecule has 2 aromatic carbocycles. The average molecular weight is 418 g/mol. The molecule has 1 amide bonds. The average Bonchev–Trinajstić information content (AvgIpc) is 3.35. The highest BCUT2D eigenvalue weighted by Crippen LogP contribution is 2.37. The smallest absolute Gasteiger partial charge is 0.325 e. The molecule has 1 aliphatic rings. The molecule has 1 N–H and O–H groups in total. The van der Waals surface area contributed by atoms with Gasteiger partial charge in [0.15, 0.2) is 0 Å². The van der Waals surface area contributed by atoms with Gasteiger partial charge in [0.2, 0.25) is 5.91 Å². The van der Waals surface area contributed by atoms with Gasteiger partial charge in [-0.15, -0.1) is 0 Å². The van der Waals surface area contributed by atoms with Crippen LogP contribution in [-0.4, -0.2) is 28.2 Å². The molecule has 6 heteroatoms. The van der Waals surface area contributed by atoms with Gasteiger partial charge in [-0.1, -0.05) is 37.3 Å². The molecule has 6 nitrogen and oxygen atoms in total. The van der Waals surface area contributed by atoms with Gasteiger partial charge in [0, 0.05) is 23.2 Å². The molecule has 1 saturated carbocycles. The number of carbonyl (C=O) groups is 2. The molecule has 0 aliphatic heterocycles. The Bertz CT molecular complexity index is 1100. The number of aryl methyl sites for hydroxylation is 2. The van der Waals surface area contributed by atoms with E-state index in [0.29, 0.717) is 5.92 Å². The maximum absolute atomic E-state index is 12.2. The number of esters is 1. The van der Waals surface area contributed by atoms with E-state index in [2.05, 4.69) is 31.3 Å². The SMILES string of the molecule is Cc1ccc(-c2nn(-c3ccccc3)cc2COC(=O)CNC(=O)[C@H]2C[C@@H]2C)cc1C. The van der Waals surface area contributed by atoms with Crippen molar-refractivity contribution in [2.75, 3.05) is 6.54 Å². The van der Waals surface area contributed by atoms with Crippen LogP contribution in [0.25, 0.3) is 16.9 Å². The Morgan fingerprint density at radius 1 is 1.13 bits per heavy atom. The normalized spacial score (nSPS) is 17.3. The first-order chi connectivity index (χ1) is 14.9. The standard InChI is InChI=1S/C25H27N3O3/c1-16-9-10-19(11-17(16)2)24-20(14-28(27-24)21-7-5-4-6-8-21)15-31-23(29)13-26-25(30)22-12-18(22)3/h4-11,14,18,22H,12-13,15H2,1-3H3,(H,26,30)/t18-,22-/m0/s1. The maximum Gasteiger partial charge on any atom is 0.325 e. The number of rotatable bonds is 7. The van der Waals surface area contributed by atoms with Crippen LogP contribution >= 0.6 is 0 Å². The van der Waals surface area contributed by atoms with Gasteiger partial charge in [0.05, 0.1) is 11.4 Å². The number of hydrogen-bond acceptors (Lipinski definition) is 4. The molecule has 1 aromatic heterocycles. The second kappa shape index (κ2) is 8.76. The van der Waals surface area contributed by atoms with Crippen molar-refractivity contribution in [2.45, 2.75) is 33.8 Å². The predicted octanol–water partition coefficient (Wildman–Crippen LogP) is 3.97. The Morgan fingerprint density at radius 3 is 2.55 bits per heavy atom. The first-order valence-electron chi connectivity index (χ1n) is 10.6. The van der Waals surface area contributed by atoms with Crippen LogP contribution in [0.4, 0.5) is 0 Å². The number of benzene rings is 2. The monoisotopic (exact) mass is 417 g/mol. The van der Waals surface area contributed by atoms with E-state index in [1.807, 2.05) is 49.5 Å². The van der Waals surface area contributed by atoms with Crippen LogP contribution in [0.5, 0.6) is 0 Å². The van der Waals surface area contributed by atoms with Crippen molar-refractivity contribution in [1.29, 1.82) is 0 Å². The number of nitrogens with zero attached hydrogens (tertiary/aromatic N) is 2. The summed E-state index contributed by atoms with van der Waals surface area (Å²) in [7, 11) is 0. The number of carbonyl (C=O) groups excluding carboxylic acids is 2. The lowest BCUT2D eigenvalue weighted by Gasteiger charge is -2.08. The van der Waals surface area contributed by atoms with Crippen LogP contribution < -0.4 is 5.32 Å². The summed E-state index contributed by atoms with van der Waals surface area (Å²) >= 11 is 0. The van der Waals surface area contributed by atoms with Crippen molar-refractivity contribution in [3.8, 4) is 16.9 Å². The van der Waals surface area contributed by atoms with Crippen molar-refractivity contribution < 1.29 is 14.3 Å². The molecular formula is C25H27N3O3. The summed E-state index contributed by atoms with van der Waals surface area (Å²) < 4.78 is 7.26. The summed E-state index contributed by atoms with van der Waals surface area (Å²) in [5, 5.41) is 7.44. The lowest BCUT2D eigenvalue weighted by molar-refractivity contribution is -0.145. The summed E-state index contributed by atoms with van der Waals surface area (Å²) in [4.78, 5) is 24.1. The van der Waals surface area contributed by atoms with Crippen LogP contribution in [0.15, 0.2) is 54.7 Å². The van der Waals surface area contributed by atoms with Gasteiger partial charge in [-0.05, 0) is 55.5 Å². The minimum atomic E-state index is -0.458. The molecule has 0 unspecified atom stereocenters. The molecule has 0 saturated heterocycles. The Morgan fingerprint density at radius 2 is 1.87 bits per heavy atom. The highest BCUT2D eigenvalue weighted by Gasteiger charge is 2.39. The van der Waals surface area contributed by atoms with Gasteiger partial charge in [0.1, 0.15) is 13.2 Å². The lowest BCUT2D eigenvalue weighted by Crippen LogP contribution is -2.32. The van der Waals surface area contributed by atoms with Crippen molar-refractivity contribution in [3.05, 3.63) is 71.4 Å². The first-order valence-corrected chi connectivity index (χ1v) is 10.6. The fourth-order valence-corrected chi connectivity index (χ4v) is 3.55. The summed E-state index contributed by atoms with van der Waals surface area (Å²) in [6.07, 6.45) is 2.77. The van der Waals surface area contributed by atoms with Crippen LogP contribution in [0.2, 0.25) is 0 Å². The fraction of sp³-hybridized carbons (Fsp3) is 0.320. The van der Waals surface area contributed by atoms with Crippen LogP contribution in [0, 0.1) is 25.7 Å². The predicted molar refractivity (Wildman–Crippen MR) is 119 cm³/mol. The zero-order valence-electron chi connectivity index (χ0n) is 18.1. The summed E-state index contributed by atoms with van der Waals surface area (Å²) in [6.45, 7) is 6.13. The fourth-order valence-electron chi connectivity index (χ4n) is 3.55. The molecule has 3 aromatic rings. The van der Waals surface area contributed by atoms with Gasteiger partial charge in [-0.2, -0.15) is 5.10 Å². The number of amides is 1. The second-order valence-electron chi connectivity index (χ2n) is 8.28. The molecule has 1 heterocycles. The molecule has 2 atom stereocenters. The topological polar surface area (TPSA) is 73.2 Å². The molecular weight excluding hydrogens is 390 g/mol. The summed E-state index contributed by atoms with van der Waals surface area (Å²) in [6, 6.07) is 16.0. The molecule has 0 spiro atoms. The summed E-state index contributed by atoms with van der Waals surface area (Å²) in [5.41, 5.74) is 5.86. The zero-order chi connectivity index (χ0) is 22.0. The van der Waals surface area contributed by atoms with Gasteiger partial charge in [-0.3, -0.25) is 9.59 Å². The van der Waals surface area contributed by atoms with Crippen LogP contribution in [-0.2, 0) is 20.9 Å². The minimum absolute atomic E-state index is 0.0354. The van der Waals surface area contributed by atoms with E-state index in [1.54, 1.807) is 4.68 Å². The van der Waals surface area contributed by atoms with Gasteiger partial charge >= 0.3 is 5.97 Å². The van der Waals surface area contributed by atoms with Gasteiger partial charge in [0.25, 0.3) is 0 Å². The van der Waals surface area contributed by atoms with Gasteiger partial charge < -0.3 is 10.1 Å². The summed E-state index contributed by atoms with van der Waals surface area (Å²) in [5.74, 6) is -0.0917. The lowest BCUT2D eigenvalue weighted by atomic mass is 10.0. The highest BCUT2D eigenvalue weighted by atomic mass is 16.5. The number of para-hydroxylation sites is 1. The maximum atomic E-state index is 12.2. The molecule has 160 valence electrons. The number of hydrogen-bond donors (Lipinski definition) is 1. The third kappa shape index (κ3) is 4.85. The van der Waals surface area contributed by atoms with E-state index in [-0.39, 0.29) is 25.0 Å². The quantitative estimate of drug-likeness (QED) is 0.591. The highest BCUT2D eigenvalue weighted by molar-refractivity contribution is 5.85. The van der Waals surface area contributed by atoms with Gasteiger partial charge in [-0.25, -0.2) is 4.68 Å². The number of aromatic nitrogens is 2. The van der Waals surface area contributed by atoms with E-state index in [1.165, 1.54) is 11.1 Å². The zero-order valence-corrected chi connectivity index (χ0v) is 18.1. The van der Waals surface area contributed by atoms with E-state index < -0.39 is 5.97 Å². The second-order valence-corrected chi connectivity index (χ2v) is 8.28. The Hall–Kier alpha value is -3.41.